The topological polar surface area (TPSA) is 9.23 Å². The molecule has 0 aromatic heterocycles. The average molecular weight is 188 g/mol. The normalized spacial score (nSPS) is 12.8. The molecule has 0 saturated carbocycles. The summed E-state index contributed by atoms with van der Waals surface area (Å²) >= 11 is 0. The fourth-order valence-electron chi connectivity index (χ4n) is 0.714. The Morgan fingerprint density at radius 2 is 1.92 bits per heavy atom. The summed E-state index contributed by atoms with van der Waals surface area (Å²) in [6, 6.07) is 10.2. The molecule has 0 heterocycles. The molecule has 1 rings (SSSR count). The number of hydrogen-bond acceptors (Lipinski definition) is 1. The molecule has 13 heavy (non-hydrogen) atoms. The van der Waals surface area contributed by atoms with Gasteiger partial charge in [0.25, 0.3) is 0 Å². The largest absolute Gasteiger partial charge is 1.00 e. The second-order valence-corrected chi connectivity index (χ2v) is 3.66. The Bertz CT molecular complexity index is 215. The van der Waals surface area contributed by atoms with E-state index < -0.39 is 0 Å². The smallest absolute Gasteiger partial charge is 0.551 e. The first kappa shape index (κ1) is 13.2. The number of hydrogen-bond donors (Lipinski definition) is 0. The zero-order valence-electron chi connectivity index (χ0n) is 8.53. The zero-order chi connectivity index (χ0) is 8.81. The summed E-state index contributed by atoms with van der Waals surface area (Å²) in [7, 11) is 0.972. The maximum absolute atomic E-state index is 5.55. The molecule has 1 unspecified atom stereocenters. The summed E-state index contributed by atoms with van der Waals surface area (Å²) in [4.78, 5) is 0. The van der Waals surface area contributed by atoms with E-state index in [1.165, 1.54) is 5.30 Å². The van der Waals surface area contributed by atoms with Crippen LogP contribution in [0.1, 0.15) is 20.3 Å². The Morgan fingerprint density at radius 1 is 1.31 bits per heavy atom. The van der Waals surface area contributed by atoms with Crippen LogP contribution in [0.5, 0.6) is 0 Å². The van der Waals surface area contributed by atoms with E-state index in [9.17, 15) is 0 Å². The van der Waals surface area contributed by atoms with Gasteiger partial charge in [-0.05, 0) is 13.3 Å². The monoisotopic (exact) mass is 188 g/mol. The zero-order valence-corrected chi connectivity index (χ0v) is 9.42. The number of benzene rings is 1. The van der Waals surface area contributed by atoms with Crippen molar-refractivity contribution in [1.29, 1.82) is 0 Å². The molecule has 3 heteroatoms. The predicted octanol–water partition coefficient (Wildman–Crippen LogP) is -0.00780. The molecule has 66 valence electrons. The van der Waals surface area contributed by atoms with Gasteiger partial charge >= 0.3 is 18.9 Å². The Labute approximate surface area is 94.3 Å². The molecule has 0 aliphatic heterocycles. The van der Waals surface area contributed by atoms with Crippen LogP contribution in [0.25, 0.3) is 0 Å². The maximum Gasteiger partial charge on any atom is 1.00 e. The summed E-state index contributed by atoms with van der Waals surface area (Å²) in [6.07, 6.45) is 1.42. The van der Waals surface area contributed by atoms with Gasteiger partial charge in [0.2, 0.25) is 0 Å². The van der Waals surface area contributed by atoms with Crippen LogP contribution in [0.3, 0.4) is 0 Å². The van der Waals surface area contributed by atoms with Gasteiger partial charge in [-0.2, -0.15) is 5.30 Å². The fourth-order valence-corrected chi connectivity index (χ4v) is 1.46. The van der Waals surface area contributed by atoms with E-state index in [4.69, 9.17) is 4.52 Å². The first-order chi connectivity index (χ1) is 5.83. The van der Waals surface area contributed by atoms with Gasteiger partial charge in [0.15, 0.2) is 0 Å². The molecule has 0 N–H and O–H groups in total. The van der Waals surface area contributed by atoms with Gasteiger partial charge in [0.1, 0.15) is 0 Å². The summed E-state index contributed by atoms with van der Waals surface area (Å²) < 4.78 is 5.55. The first-order valence-electron chi connectivity index (χ1n) is 4.25. The second-order valence-electron chi connectivity index (χ2n) is 2.75. The first-order valence-corrected chi connectivity index (χ1v) is 5.06. The van der Waals surface area contributed by atoms with Crippen LogP contribution >= 0.6 is 8.81 Å². The third-order valence-electron chi connectivity index (χ3n) is 1.67. The SMILES string of the molecule is CCC(C)O[P-]c1ccccc1.[Li+]. The molecule has 0 bridgehead atoms. The predicted molar refractivity (Wildman–Crippen MR) is 53.8 cm³/mol. The Hall–Kier alpha value is 0.207. The summed E-state index contributed by atoms with van der Waals surface area (Å²) in [5.74, 6) is 0. The minimum Gasteiger partial charge on any atom is -0.551 e. The van der Waals surface area contributed by atoms with E-state index >= 15 is 0 Å². The summed E-state index contributed by atoms with van der Waals surface area (Å²) in [5.41, 5.74) is 0. The molecular weight excluding hydrogens is 174 g/mol. The van der Waals surface area contributed by atoms with Gasteiger partial charge in [-0.3, -0.25) is 0 Å². The average Bonchev–Trinajstić information content (AvgIpc) is 2.16. The van der Waals surface area contributed by atoms with E-state index in [-0.39, 0.29) is 18.9 Å². The molecule has 1 nitrogen and oxygen atoms in total. The molecule has 0 fully saturated rings. The van der Waals surface area contributed by atoms with Crippen molar-refractivity contribution in [2.24, 2.45) is 0 Å². The van der Waals surface area contributed by atoms with Crippen LogP contribution < -0.4 is 24.2 Å². The maximum atomic E-state index is 5.55. The van der Waals surface area contributed by atoms with Gasteiger partial charge < -0.3 is 13.3 Å². The minimum atomic E-state index is 0. The van der Waals surface area contributed by atoms with Crippen molar-refractivity contribution in [1.82, 2.24) is 0 Å². The van der Waals surface area contributed by atoms with E-state index in [1.54, 1.807) is 0 Å². The van der Waals surface area contributed by atoms with E-state index in [0.717, 1.165) is 15.2 Å². The molecular formula is C10H14LiOP. The molecule has 0 saturated heterocycles. The van der Waals surface area contributed by atoms with Crippen molar-refractivity contribution < 1.29 is 23.4 Å². The standard InChI is InChI=1S/C10H14OP.Li/c1-3-9(2)11-12-10-7-5-4-6-8-10;/h4-9H,3H2,1-2H3;/q-1;+1. The third kappa shape index (κ3) is 5.50. The summed E-state index contributed by atoms with van der Waals surface area (Å²) in [6.45, 7) is 4.22. The second kappa shape index (κ2) is 7.60. The molecule has 1 aromatic rings. The molecule has 0 radical (unpaired) electrons. The summed E-state index contributed by atoms with van der Waals surface area (Å²) in [5, 5.41) is 1.22. The molecule has 1 atom stereocenters. The Kier molecular flexibility index (Phi) is 7.72. The van der Waals surface area contributed by atoms with Crippen molar-refractivity contribution in [3.05, 3.63) is 30.3 Å². The molecule has 0 aliphatic rings. The molecule has 0 aliphatic carbocycles. The number of rotatable bonds is 4. The van der Waals surface area contributed by atoms with Gasteiger partial charge in [0, 0.05) is 6.10 Å². The van der Waals surface area contributed by atoms with E-state index in [0.29, 0.717) is 6.10 Å². The van der Waals surface area contributed by atoms with Crippen molar-refractivity contribution >= 4 is 14.1 Å². The van der Waals surface area contributed by atoms with Gasteiger partial charge in [-0.15, -0.1) is 0 Å². The van der Waals surface area contributed by atoms with Gasteiger partial charge in [-0.1, -0.05) is 37.3 Å². The van der Waals surface area contributed by atoms with Crippen LogP contribution in [0.2, 0.25) is 0 Å². The van der Waals surface area contributed by atoms with Crippen molar-refractivity contribution in [2.45, 2.75) is 26.4 Å². The minimum absolute atomic E-state index is 0. The Morgan fingerprint density at radius 3 is 2.46 bits per heavy atom. The quantitative estimate of drug-likeness (QED) is 0.477. The fraction of sp³-hybridized carbons (Fsp3) is 0.400. The molecule has 1 aromatic carbocycles. The Balaban J connectivity index is 0.00000144. The van der Waals surface area contributed by atoms with Crippen LogP contribution in [0.15, 0.2) is 30.3 Å². The molecule has 0 spiro atoms. The van der Waals surface area contributed by atoms with Crippen molar-refractivity contribution in [3.8, 4) is 0 Å². The van der Waals surface area contributed by atoms with Gasteiger partial charge in [-0.25, -0.2) is 0 Å². The van der Waals surface area contributed by atoms with Crippen LogP contribution in [-0.2, 0) is 4.52 Å². The van der Waals surface area contributed by atoms with E-state index in [1.807, 2.05) is 18.2 Å². The van der Waals surface area contributed by atoms with Crippen LogP contribution in [-0.4, -0.2) is 6.10 Å². The van der Waals surface area contributed by atoms with Crippen LogP contribution in [0.4, 0.5) is 0 Å². The van der Waals surface area contributed by atoms with E-state index in [2.05, 4.69) is 26.0 Å². The van der Waals surface area contributed by atoms with Gasteiger partial charge in [0.05, 0.1) is 0 Å². The van der Waals surface area contributed by atoms with Crippen molar-refractivity contribution in [3.63, 3.8) is 0 Å². The third-order valence-corrected chi connectivity index (χ3v) is 2.64. The molecule has 0 amide bonds. The van der Waals surface area contributed by atoms with Crippen LogP contribution in [0, 0.1) is 0 Å². The van der Waals surface area contributed by atoms with Crippen molar-refractivity contribution in [2.75, 3.05) is 0 Å².